The van der Waals surface area contributed by atoms with Crippen LogP contribution in [0.1, 0.15) is 31.7 Å². The summed E-state index contributed by atoms with van der Waals surface area (Å²) in [6.45, 7) is 10.3. The minimum atomic E-state index is 0.101. The van der Waals surface area contributed by atoms with Gasteiger partial charge in [-0.3, -0.25) is 9.69 Å². The lowest BCUT2D eigenvalue weighted by molar-refractivity contribution is -0.123. The molecule has 0 aliphatic carbocycles. The summed E-state index contributed by atoms with van der Waals surface area (Å²) >= 11 is 1.69. The van der Waals surface area contributed by atoms with Crippen molar-refractivity contribution >= 4 is 17.2 Å². The number of carbonyl (C=O) groups is 1. The Balaban J connectivity index is 1.58. The van der Waals surface area contributed by atoms with E-state index in [1.165, 1.54) is 4.88 Å². The SMILES string of the molecule is CC(NC(=O)CN1CC2CNCC2C1(C)C)c1cccs1. The van der Waals surface area contributed by atoms with E-state index in [0.29, 0.717) is 18.4 Å². The second-order valence-electron chi connectivity index (χ2n) is 6.86. The molecule has 2 saturated heterocycles. The van der Waals surface area contributed by atoms with Gasteiger partial charge in [0.15, 0.2) is 0 Å². The van der Waals surface area contributed by atoms with Gasteiger partial charge in [0.1, 0.15) is 0 Å². The van der Waals surface area contributed by atoms with Gasteiger partial charge >= 0.3 is 0 Å². The van der Waals surface area contributed by atoms with Gasteiger partial charge in [-0.2, -0.15) is 0 Å². The Morgan fingerprint density at radius 3 is 3.05 bits per heavy atom. The molecule has 1 amide bonds. The third kappa shape index (κ3) is 2.87. The van der Waals surface area contributed by atoms with Crippen molar-refractivity contribution in [1.82, 2.24) is 15.5 Å². The summed E-state index contributed by atoms with van der Waals surface area (Å²) in [4.78, 5) is 15.9. The van der Waals surface area contributed by atoms with E-state index in [1.54, 1.807) is 11.3 Å². The molecule has 0 saturated carbocycles. The Bertz CT molecular complexity index is 500. The number of hydrogen-bond donors (Lipinski definition) is 2. The van der Waals surface area contributed by atoms with Crippen molar-refractivity contribution in [1.29, 1.82) is 0 Å². The standard InChI is InChI=1S/C16H25N3OS/c1-11(14-5-4-6-21-14)18-15(20)10-19-9-12-7-17-8-13(12)16(19,2)3/h4-6,11-13,17H,7-10H2,1-3H3,(H,18,20). The van der Waals surface area contributed by atoms with Crippen LogP contribution in [0.4, 0.5) is 0 Å². The van der Waals surface area contributed by atoms with Crippen molar-refractivity contribution in [2.24, 2.45) is 11.8 Å². The molecule has 2 aliphatic rings. The monoisotopic (exact) mass is 307 g/mol. The van der Waals surface area contributed by atoms with Gasteiger partial charge in [0.25, 0.3) is 0 Å². The molecule has 3 atom stereocenters. The fourth-order valence-corrected chi connectivity index (χ4v) is 4.58. The lowest BCUT2D eigenvalue weighted by Gasteiger charge is -2.35. The molecule has 3 unspecified atom stereocenters. The highest BCUT2D eigenvalue weighted by Crippen LogP contribution is 2.40. The highest BCUT2D eigenvalue weighted by molar-refractivity contribution is 7.10. The number of fused-ring (bicyclic) bond motifs is 1. The molecule has 0 radical (unpaired) electrons. The van der Waals surface area contributed by atoms with Gasteiger partial charge in [0.05, 0.1) is 12.6 Å². The van der Waals surface area contributed by atoms with Crippen LogP contribution in [0, 0.1) is 11.8 Å². The van der Waals surface area contributed by atoms with Crippen LogP contribution in [0.2, 0.25) is 0 Å². The Labute approximate surface area is 130 Å². The third-order valence-electron chi connectivity index (χ3n) is 5.20. The van der Waals surface area contributed by atoms with Crippen molar-refractivity contribution in [3.8, 4) is 0 Å². The van der Waals surface area contributed by atoms with E-state index in [2.05, 4.69) is 47.8 Å². The number of thiophene rings is 1. The van der Waals surface area contributed by atoms with E-state index < -0.39 is 0 Å². The average Bonchev–Trinajstić information content (AvgIpc) is 3.11. The van der Waals surface area contributed by atoms with Crippen LogP contribution < -0.4 is 10.6 Å². The summed E-state index contributed by atoms with van der Waals surface area (Å²) in [6.07, 6.45) is 0. The zero-order valence-corrected chi connectivity index (χ0v) is 13.9. The number of likely N-dealkylation sites (tertiary alicyclic amines) is 1. The minimum Gasteiger partial charge on any atom is -0.348 e. The molecular weight excluding hydrogens is 282 g/mol. The second-order valence-corrected chi connectivity index (χ2v) is 7.84. The van der Waals surface area contributed by atoms with E-state index in [1.807, 2.05) is 6.07 Å². The Hall–Kier alpha value is -0.910. The van der Waals surface area contributed by atoms with Crippen LogP contribution >= 0.6 is 11.3 Å². The summed E-state index contributed by atoms with van der Waals surface area (Å²) in [5, 5.41) is 8.66. The molecule has 0 aromatic carbocycles. The van der Waals surface area contributed by atoms with Crippen LogP contribution in [0.5, 0.6) is 0 Å². The third-order valence-corrected chi connectivity index (χ3v) is 6.25. The minimum absolute atomic E-state index is 0.101. The summed E-state index contributed by atoms with van der Waals surface area (Å²) in [5.41, 5.74) is 0.109. The predicted molar refractivity (Wildman–Crippen MR) is 86.4 cm³/mol. The highest BCUT2D eigenvalue weighted by Gasteiger charge is 2.49. The molecule has 2 fully saturated rings. The molecule has 3 rings (SSSR count). The zero-order chi connectivity index (χ0) is 15.0. The smallest absolute Gasteiger partial charge is 0.234 e. The van der Waals surface area contributed by atoms with E-state index in [4.69, 9.17) is 0 Å². The number of amides is 1. The molecule has 4 nitrogen and oxygen atoms in total. The van der Waals surface area contributed by atoms with Gasteiger partial charge in [-0.1, -0.05) is 6.07 Å². The molecule has 1 aromatic heterocycles. The normalized spacial score (nSPS) is 29.3. The van der Waals surface area contributed by atoms with Gasteiger partial charge in [-0.15, -0.1) is 11.3 Å². The number of hydrogen-bond acceptors (Lipinski definition) is 4. The van der Waals surface area contributed by atoms with Gasteiger partial charge in [-0.25, -0.2) is 0 Å². The van der Waals surface area contributed by atoms with E-state index >= 15 is 0 Å². The summed E-state index contributed by atoms with van der Waals surface area (Å²) < 4.78 is 0. The Morgan fingerprint density at radius 1 is 1.57 bits per heavy atom. The van der Waals surface area contributed by atoms with E-state index in [-0.39, 0.29) is 17.5 Å². The summed E-state index contributed by atoms with van der Waals surface area (Å²) in [7, 11) is 0. The maximum atomic E-state index is 12.3. The fraction of sp³-hybridized carbons (Fsp3) is 0.688. The van der Waals surface area contributed by atoms with Crippen molar-refractivity contribution in [3.63, 3.8) is 0 Å². The number of rotatable bonds is 4. The van der Waals surface area contributed by atoms with E-state index in [9.17, 15) is 4.79 Å². The van der Waals surface area contributed by atoms with E-state index in [0.717, 1.165) is 19.6 Å². The largest absolute Gasteiger partial charge is 0.348 e. The van der Waals surface area contributed by atoms with Crippen LogP contribution in [0.15, 0.2) is 17.5 Å². The van der Waals surface area contributed by atoms with Crippen LogP contribution in [-0.4, -0.2) is 42.5 Å². The van der Waals surface area contributed by atoms with Gasteiger partial charge in [-0.05, 0) is 50.6 Å². The molecular formula is C16H25N3OS. The zero-order valence-electron chi connectivity index (χ0n) is 13.1. The van der Waals surface area contributed by atoms with Crippen molar-refractivity contribution < 1.29 is 4.79 Å². The molecule has 2 aliphatic heterocycles. The molecule has 3 heterocycles. The Kier molecular flexibility index (Phi) is 4.08. The first-order valence-electron chi connectivity index (χ1n) is 7.77. The van der Waals surface area contributed by atoms with Crippen LogP contribution in [0.25, 0.3) is 0 Å². The van der Waals surface area contributed by atoms with Crippen molar-refractivity contribution in [2.75, 3.05) is 26.2 Å². The Morgan fingerprint density at radius 2 is 2.38 bits per heavy atom. The molecule has 0 spiro atoms. The molecule has 2 N–H and O–H groups in total. The molecule has 0 bridgehead atoms. The second kappa shape index (κ2) is 5.71. The van der Waals surface area contributed by atoms with Crippen LogP contribution in [-0.2, 0) is 4.79 Å². The lowest BCUT2D eigenvalue weighted by atomic mass is 9.85. The first-order chi connectivity index (χ1) is 9.98. The number of carbonyl (C=O) groups excluding carboxylic acids is 1. The molecule has 1 aromatic rings. The van der Waals surface area contributed by atoms with Crippen molar-refractivity contribution in [2.45, 2.75) is 32.4 Å². The first kappa shape index (κ1) is 15.0. The van der Waals surface area contributed by atoms with Crippen molar-refractivity contribution in [3.05, 3.63) is 22.4 Å². The average molecular weight is 307 g/mol. The molecule has 21 heavy (non-hydrogen) atoms. The van der Waals surface area contributed by atoms with Gasteiger partial charge < -0.3 is 10.6 Å². The quantitative estimate of drug-likeness (QED) is 0.892. The first-order valence-corrected chi connectivity index (χ1v) is 8.65. The maximum absolute atomic E-state index is 12.3. The predicted octanol–water partition coefficient (Wildman–Crippen LogP) is 1.86. The fourth-order valence-electron chi connectivity index (χ4n) is 3.84. The lowest BCUT2D eigenvalue weighted by Crippen LogP contribution is -2.48. The maximum Gasteiger partial charge on any atom is 0.234 e. The van der Waals surface area contributed by atoms with Crippen LogP contribution in [0.3, 0.4) is 0 Å². The summed E-state index contributed by atoms with van der Waals surface area (Å²) in [6, 6.07) is 4.20. The number of nitrogens with one attached hydrogen (secondary N) is 2. The summed E-state index contributed by atoms with van der Waals surface area (Å²) in [5.74, 6) is 1.50. The topological polar surface area (TPSA) is 44.4 Å². The van der Waals surface area contributed by atoms with Gasteiger partial charge in [0.2, 0.25) is 5.91 Å². The highest BCUT2D eigenvalue weighted by atomic mass is 32.1. The van der Waals surface area contributed by atoms with Gasteiger partial charge in [0, 0.05) is 23.5 Å². The molecule has 116 valence electrons. The molecule has 5 heteroatoms. The number of nitrogens with zero attached hydrogens (tertiary/aromatic N) is 1.